The second kappa shape index (κ2) is 5.93. The Bertz CT molecular complexity index is 1040. The average Bonchev–Trinajstić information content (AvgIpc) is 2.99. The van der Waals surface area contributed by atoms with Crippen molar-refractivity contribution in [3.8, 4) is 16.9 Å². The topological polar surface area (TPSA) is 55.4 Å². The number of hydrogen-bond acceptors (Lipinski definition) is 3. The Morgan fingerprint density at radius 3 is 2.36 bits per heavy atom. The standard InChI is InChI=1S/C20H17NO3S/c1-24-17-7-9-18(10-8-17)25(22,23)21-16-6-11-20-15(13-16)12-14-4-2-3-5-19(14)20/h2-11,13,21H,12H2,1H3. The third kappa shape index (κ3) is 2.87. The fourth-order valence-electron chi connectivity index (χ4n) is 3.18. The summed E-state index contributed by atoms with van der Waals surface area (Å²) in [6.45, 7) is 0. The maximum absolute atomic E-state index is 12.6. The largest absolute Gasteiger partial charge is 0.497 e. The van der Waals surface area contributed by atoms with Crippen molar-refractivity contribution in [1.29, 1.82) is 0 Å². The van der Waals surface area contributed by atoms with Crippen LogP contribution in [0.15, 0.2) is 71.6 Å². The van der Waals surface area contributed by atoms with Crippen molar-refractivity contribution in [1.82, 2.24) is 0 Å². The SMILES string of the molecule is COc1ccc(S(=O)(=O)Nc2ccc3c(c2)Cc2ccccc2-3)cc1. The molecule has 0 radical (unpaired) electrons. The van der Waals surface area contributed by atoms with E-state index in [0.29, 0.717) is 11.4 Å². The van der Waals surface area contributed by atoms with Crippen molar-refractivity contribution >= 4 is 15.7 Å². The molecule has 0 bridgehead atoms. The molecule has 0 saturated heterocycles. The summed E-state index contributed by atoms with van der Waals surface area (Å²) >= 11 is 0. The van der Waals surface area contributed by atoms with E-state index >= 15 is 0 Å². The highest BCUT2D eigenvalue weighted by atomic mass is 32.2. The van der Waals surface area contributed by atoms with Gasteiger partial charge in [0.05, 0.1) is 12.0 Å². The fourth-order valence-corrected chi connectivity index (χ4v) is 4.23. The molecule has 0 aromatic heterocycles. The van der Waals surface area contributed by atoms with Crippen LogP contribution in [0.3, 0.4) is 0 Å². The van der Waals surface area contributed by atoms with E-state index < -0.39 is 10.0 Å². The summed E-state index contributed by atoms with van der Waals surface area (Å²) in [7, 11) is -2.08. The Labute approximate surface area is 147 Å². The molecule has 0 fully saturated rings. The summed E-state index contributed by atoms with van der Waals surface area (Å²) < 4.78 is 32.9. The second-order valence-electron chi connectivity index (χ2n) is 5.99. The number of nitrogens with one attached hydrogen (secondary N) is 1. The molecule has 0 aliphatic heterocycles. The van der Waals surface area contributed by atoms with Gasteiger partial charge in [0.25, 0.3) is 10.0 Å². The maximum atomic E-state index is 12.6. The molecule has 0 spiro atoms. The second-order valence-corrected chi connectivity index (χ2v) is 7.67. The molecule has 0 saturated carbocycles. The molecule has 3 aromatic carbocycles. The van der Waals surface area contributed by atoms with Crippen LogP contribution in [0.2, 0.25) is 0 Å². The van der Waals surface area contributed by atoms with Crippen LogP contribution in [0, 0.1) is 0 Å². The lowest BCUT2D eigenvalue weighted by atomic mass is 10.1. The minimum absolute atomic E-state index is 0.206. The molecule has 126 valence electrons. The van der Waals surface area contributed by atoms with Crippen molar-refractivity contribution < 1.29 is 13.2 Å². The zero-order valence-corrected chi connectivity index (χ0v) is 14.5. The van der Waals surface area contributed by atoms with Crippen LogP contribution in [-0.4, -0.2) is 15.5 Å². The van der Waals surface area contributed by atoms with Crippen LogP contribution in [0.4, 0.5) is 5.69 Å². The Hall–Kier alpha value is -2.79. The first kappa shape index (κ1) is 15.7. The van der Waals surface area contributed by atoms with Crippen LogP contribution >= 0.6 is 0 Å². The molecule has 4 nitrogen and oxygen atoms in total. The van der Waals surface area contributed by atoms with E-state index in [1.54, 1.807) is 19.2 Å². The molecule has 4 rings (SSSR count). The van der Waals surface area contributed by atoms with Crippen molar-refractivity contribution in [3.05, 3.63) is 77.9 Å². The molecule has 1 N–H and O–H groups in total. The Morgan fingerprint density at radius 2 is 1.60 bits per heavy atom. The minimum atomic E-state index is -3.63. The lowest BCUT2D eigenvalue weighted by molar-refractivity contribution is 0.414. The number of sulfonamides is 1. The van der Waals surface area contributed by atoms with Gasteiger partial charge in [0.15, 0.2) is 0 Å². The number of rotatable bonds is 4. The van der Waals surface area contributed by atoms with E-state index in [2.05, 4.69) is 16.9 Å². The van der Waals surface area contributed by atoms with Gasteiger partial charge in [-0.15, -0.1) is 0 Å². The fraction of sp³-hybridized carbons (Fsp3) is 0.100. The first-order valence-electron chi connectivity index (χ1n) is 7.95. The number of anilines is 1. The summed E-state index contributed by atoms with van der Waals surface area (Å²) in [4.78, 5) is 0.206. The van der Waals surface area contributed by atoms with E-state index in [1.165, 1.54) is 28.8 Å². The summed E-state index contributed by atoms with van der Waals surface area (Å²) in [5.41, 5.74) is 5.37. The summed E-state index contributed by atoms with van der Waals surface area (Å²) in [5.74, 6) is 0.620. The number of fused-ring (bicyclic) bond motifs is 3. The summed E-state index contributed by atoms with van der Waals surface area (Å²) in [5, 5.41) is 0. The van der Waals surface area contributed by atoms with Gasteiger partial charge in [-0.3, -0.25) is 4.72 Å². The van der Waals surface area contributed by atoms with E-state index in [-0.39, 0.29) is 4.90 Å². The highest BCUT2D eigenvalue weighted by Gasteiger charge is 2.20. The van der Waals surface area contributed by atoms with Crippen molar-refractivity contribution in [3.63, 3.8) is 0 Å². The molecular weight excluding hydrogens is 334 g/mol. The number of hydrogen-bond donors (Lipinski definition) is 1. The molecule has 3 aromatic rings. The van der Waals surface area contributed by atoms with Crippen molar-refractivity contribution in [2.75, 3.05) is 11.8 Å². The first-order chi connectivity index (χ1) is 12.1. The third-order valence-corrected chi connectivity index (χ3v) is 5.81. The van der Waals surface area contributed by atoms with Crippen molar-refractivity contribution in [2.45, 2.75) is 11.3 Å². The van der Waals surface area contributed by atoms with Crippen LogP contribution in [0.5, 0.6) is 5.75 Å². The maximum Gasteiger partial charge on any atom is 0.261 e. The Balaban J connectivity index is 1.62. The number of benzene rings is 3. The van der Waals surface area contributed by atoms with Crippen LogP contribution in [0.1, 0.15) is 11.1 Å². The summed E-state index contributed by atoms with van der Waals surface area (Å²) in [6.07, 6.45) is 0.823. The summed E-state index contributed by atoms with van der Waals surface area (Å²) in [6, 6.07) is 20.3. The van der Waals surface area contributed by atoms with Crippen molar-refractivity contribution in [2.24, 2.45) is 0 Å². The van der Waals surface area contributed by atoms with Gasteiger partial charge < -0.3 is 4.74 Å². The Morgan fingerprint density at radius 1 is 0.880 bits per heavy atom. The number of methoxy groups -OCH3 is 1. The van der Waals surface area contributed by atoms with Crippen LogP contribution in [-0.2, 0) is 16.4 Å². The predicted octanol–water partition coefficient (Wildman–Crippen LogP) is 4.07. The minimum Gasteiger partial charge on any atom is -0.497 e. The van der Waals surface area contributed by atoms with Gasteiger partial charge in [-0.1, -0.05) is 30.3 Å². The molecule has 0 amide bonds. The zero-order valence-electron chi connectivity index (χ0n) is 13.7. The molecule has 1 aliphatic rings. The monoisotopic (exact) mass is 351 g/mol. The molecule has 1 aliphatic carbocycles. The highest BCUT2D eigenvalue weighted by molar-refractivity contribution is 7.92. The average molecular weight is 351 g/mol. The van der Waals surface area contributed by atoms with Gasteiger partial charge in [0.1, 0.15) is 5.75 Å². The molecule has 5 heteroatoms. The molecule has 25 heavy (non-hydrogen) atoms. The van der Waals surface area contributed by atoms with E-state index in [9.17, 15) is 8.42 Å². The highest BCUT2D eigenvalue weighted by Crippen LogP contribution is 2.37. The quantitative estimate of drug-likeness (QED) is 0.603. The lowest BCUT2D eigenvalue weighted by Crippen LogP contribution is -2.13. The smallest absolute Gasteiger partial charge is 0.261 e. The lowest BCUT2D eigenvalue weighted by Gasteiger charge is -2.10. The molecule has 0 heterocycles. The molecule has 0 atom stereocenters. The zero-order chi connectivity index (χ0) is 17.4. The van der Waals surface area contributed by atoms with Gasteiger partial charge in [-0.25, -0.2) is 8.42 Å². The molecular formula is C20H17NO3S. The van der Waals surface area contributed by atoms with Gasteiger partial charge in [0.2, 0.25) is 0 Å². The molecule has 0 unspecified atom stereocenters. The van der Waals surface area contributed by atoms with Gasteiger partial charge >= 0.3 is 0 Å². The Kier molecular flexibility index (Phi) is 3.73. The van der Waals surface area contributed by atoms with E-state index in [1.807, 2.05) is 30.3 Å². The van der Waals surface area contributed by atoms with Gasteiger partial charge in [0, 0.05) is 5.69 Å². The van der Waals surface area contributed by atoms with Gasteiger partial charge in [-0.05, 0) is 65.1 Å². The van der Waals surface area contributed by atoms with E-state index in [4.69, 9.17) is 4.74 Å². The van der Waals surface area contributed by atoms with Crippen LogP contribution < -0.4 is 9.46 Å². The van der Waals surface area contributed by atoms with Crippen LogP contribution in [0.25, 0.3) is 11.1 Å². The number of ether oxygens (including phenoxy) is 1. The van der Waals surface area contributed by atoms with E-state index in [0.717, 1.165) is 12.0 Å². The third-order valence-electron chi connectivity index (χ3n) is 4.42. The van der Waals surface area contributed by atoms with Gasteiger partial charge in [-0.2, -0.15) is 0 Å². The normalized spacial score (nSPS) is 12.4. The predicted molar refractivity (Wildman–Crippen MR) is 98.5 cm³/mol. The first-order valence-corrected chi connectivity index (χ1v) is 9.43.